The fourth-order valence-electron chi connectivity index (χ4n) is 1.70. The topological polar surface area (TPSA) is 41.1 Å². The van der Waals surface area contributed by atoms with E-state index in [4.69, 9.17) is 11.6 Å². The average molecular weight is 374 g/mol. The van der Waals surface area contributed by atoms with Crippen molar-refractivity contribution in [1.29, 1.82) is 0 Å². The molecule has 0 unspecified atom stereocenters. The number of thiophene rings is 1. The maximum absolute atomic E-state index is 11.8. The van der Waals surface area contributed by atoms with Crippen LogP contribution in [0, 0.1) is 0 Å². The van der Waals surface area contributed by atoms with Gasteiger partial charge in [0.1, 0.15) is 4.34 Å². The van der Waals surface area contributed by atoms with Crippen LogP contribution in [-0.2, 0) is 6.54 Å². The molecule has 0 saturated carbocycles. The summed E-state index contributed by atoms with van der Waals surface area (Å²) in [6.07, 6.45) is 0. The SMILES string of the molecule is CCNC(=O)c1cccc(NCc2cc(Br)c(Cl)s2)c1. The maximum Gasteiger partial charge on any atom is 0.251 e. The molecule has 0 radical (unpaired) electrons. The van der Waals surface area contributed by atoms with Gasteiger partial charge >= 0.3 is 0 Å². The molecule has 1 aromatic heterocycles. The lowest BCUT2D eigenvalue weighted by Crippen LogP contribution is -2.22. The summed E-state index contributed by atoms with van der Waals surface area (Å²) >= 11 is 10.9. The van der Waals surface area contributed by atoms with Crippen LogP contribution in [0.2, 0.25) is 4.34 Å². The highest BCUT2D eigenvalue weighted by Crippen LogP contribution is 2.32. The lowest BCUT2D eigenvalue weighted by Gasteiger charge is -2.07. The van der Waals surface area contributed by atoms with Gasteiger partial charge in [0.25, 0.3) is 5.91 Å². The van der Waals surface area contributed by atoms with Gasteiger partial charge in [0.15, 0.2) is 0 Å². The molecular weight excluding hydrogens is 360 g/mol. The highest BCUT2D eigenvalue weighted by atomic mass is 79.9. The normalized spacial score (nSPS) is 10.3. The Hall–Kier alpha value is -1.04. The number of hydrogen-bond acceptors (Lipinski definition) is 3. The molecule has 1 heterocycles. The van der Waals surface area contributed by atoms with Crippen molar-refractivity contribution in [1.82, 2.24) is 5.32 Å². The first-order valence-electron chi connectivity index (χ1n) is 6.16. The molecule has 106 valence electrons. The molecule has 2 rings (SSSR count). The lowest BCUT2D eigenvalue weighted by molar-refractivity contribution is 0.0956. The quantitative estimate of drug-likeness (QED) is 0.808. The Balaban J connectivity index is 2.02. The largest absolute Gasteiger partial charge is 0.380 e. The molecule has 0 aliphatic rings. The standard InChI is InChI=1S/C14H14BrClN2OS/c1-2-17-14(19)9-4-3-5-10(6-9)18-8-11-7-12(15)13(16)20-11/h3-7,18H,2,8H2,1H3,(H,17,19). The van der Waals surface area contributed by atoms with E-state index in [0.29, 0.717) is 18.7 Å². The Morgan fingerprint density at radius 2 is 2.20 bits per heavy atom. The van der Waals surface area contributed by atoms with E-state index in [9.17, 15) is 4.79 Å². The summed E-state index contributed by atoms with van der Waals surface area (Å²) in [5.74, 6) is -0.0573. The zero-order valence-corrected chi connectivity index (χ0v) is 14.0. The minimum atomic E-state index is -0.0573. The Morgan fingerprint density at radius 1 is 1.40 bits per heavy atom. The van der Waals surface area contributed by atoms with Crippen LogP contribution in [0.5, 0.6) is 0 Å². The Bertz CT molecular complexity index is 595. The van der Waals surface area contributed by atoms with Crippen LogP contribution in [0.3, 0.4) is 0 Å². The van der Waals surface area contributed by atoms with Crippen molar-refractivity contribution in [3.8, 4) is 0 Å². The Kier molecular flexibility index (Phi) is 5.46. The van der Waals surface area contributed by atoms with Gasteiger partial charge in [0, 0.05) is 33.7 Å². The van der Waals surface area contributed by atoms with Crippen LogP contribution in [-0.4, -0.2) is 12.5 Å². The third-order valence-electron chi connectivity index (χ3n) is 2.63. The molecule has 20 heavy (non-hydrogen) atoms. The fourth-order valence-corrected chi connectivity index (χ4v) is 3.43. The summed E-state index contributed by atoms with van der Waals surface area (Å²) < 4.78 is 1.66. The molecular formula is C14H14BrClN2OS. The average Bonchev–Trinajstić information content (AvgIpc) is 2.76. The van der Waals surface area contributed by atoms with Gasteiger partial charge in [-0.2, -0.15) is 0 Å². The van der Waals surface area contributed by atoms with Gasteiger partial charge < -0.3 is 10.6 Å². The number of nitrogens with one attached hydrogen (secondary N) is 2. The van der Waals surface area contributed by atoms with E-state index < -0.39 is 0 Å². The highest BCUT2D eigenvalue weighted by Gasteiger charge is 2.06. The van der Waals surface area contributed by atoms with Crippen molar-refractivity contribution in [3.05, 3.63) is 49.6 Å². The van der Waals surface area contributed by atoms with Gasteiger partial charge in [-0.25, -0.2) is 0 Å². The third-order valence-corrected chi connectivity index (χ3v) is 5.10. The van der Waals surface area contributed by atoms with Gasteiger partial charge in [-0.1, -0.05) is 17.7 Å². The number of benzene rings is 1. The summed E-state index contributed by atoms with van der Waals surface area (Å²) in [5, 5.41) is 6.08. The van der Waals surface area contributed by atoms with Crippen LogP contribution in [0.15, 0.2) is 34.8 Å². The zero-order valence-electron chi connectivity index (χ0n) is 10.9. The van der Waals surface area contributed by atoms with Crippen LogP contribution in [0.4, 0.5) is 5.69 Å². The lowest BCUT2D eigenvalue weighted by atomic mass is 10.2. The molecule has 1 aromatic carbocycles. The van der Waals surface area contributed by atoms with E-state index in [1.807, 2.05) is 31.2 Å². The number of halogens is 2. The first kappa shape index (κ1) is 15.4. The molecule has 0 aliphatic carbocycles. The number of carbonyl (C=O) groups is 1. The second kappa shape index (κ2) is 7.11. The number of hydrogen-bond donors (Lipinski definition) is 2. The number of rotatable bonds is 5. The summed E-state index contributed by atoms with van der Waals surface area (Å²) in [4.78, 5) is 12.9. The van der Waals surface area contributed by atoms with Gasteiger partial charge in [0.05, 0.1) is 0 Å². The smallest absolute Gasteiger partial charge is 0.251 e. The Morgan fingerprint density at radius 3 is 2.85 bits per heavy atom. The van der Waals surface area contributed by atoms with E-state index in [1.54, 1.807) is 6.07 Å². The molecule has 0 saturated heterocycles. The van der Waals surface area contributed by atoms with Gasteiger partial charge in [-0.3, -0.25) is 4.79 Å². The summed E-state index contributed by atoms with van der Waals surface area (Å²) in [6, 6.07) is 9.44. The van der Waals surface area contributed by atoms with E-state index >= 15 is 0 Å². The minimum absolute atomic E-state index is 0.0573. The molecule has 2 aromatic rings. The molecule has 0 bridgehead atoms. The molecule has 0 aliphatic heterocycles. The van der Waals surface area contributed by atoms with Crippen molar-refractivity contribution in [2.75, 3.05) is 11.9 Å². The fraction of sp³-hybridized carbons (Fsp3) is 0.214. The molecule has 1 amide bonds. The molecule has 3 nitrogen and oxygen atoms in total. The predicted octanol–water partition coefficient (Wildman–Crippen LogP) is 4.53. The summed E-state index contributed by atoms with van der Waals surface area (Å²) in [5.41, 5.74) is 1.57. The van der Waals surface area contributed by atoms with Gasteiger partial charge in [-0.05, 0) is 47.1 Å². The molecule has 0 atom stereocenters. The van der Waals surface area contributed by atoms with Crippen LogP contribution < -0.4 is 10.6 Å². The monoisotopic (exact) mass is 372 g/mol. The van der Waals surface area contributed by atoms with Gasteiger partial charge in [-0.15, -0.1) is 11.3 Å². The number of anilines is 1. The second-order valence-corrected chi connectivity index (χ2v) is 6.72. The zero-order chi connectivity index (χ0) is 14.5. The van der Waals surface area contributed by atoms with Crippen molar-refractivity contribution in [2.45, 2.75) is 13.5 Å². The van der Waals surface area contributed by atoms with Gasteiger partial charge in [0.2, 0.25) is 0 Å². The number of carbonyl (C=O) groups excluding carboxylic acids is 1. The first-order chi connectivity index (χ1) is 9.60. The van der Waals surface area contributed by atoms with Crippen molar-refractivity contribution in [3.63, 3.8) is 0 Å². The minimum Gasteiger partial charge on any atom is -0.380 e. The first-order valence-corrected chi connectivity index (χ1v) is 8.14. The second-order valence-electron chi connectivity index (χ2n) is 4.13. The maximum atomic E-state index is 11.8. The van der Waals surface area contributed by atoms with E-state index in [-0.39, 0.29) is 5.91 Å². The van der Waals surface area contributed by atoms with Crippen molar-refractivity contribution < 1.29 is 4.79 Å². The summed E-state index contributed by atoms with van der Waals surface area (Å²) in [7, 11) is 0. The van der Waals surface area contributed by atoms with Crippen LogP contribution in [0.25, 0.3) is 0 Å². The van der Waals surface area contributed by atoms with Crippen LogP contribution in [0.1, 0.15) is 22.2 Å². The van der Waals surface area contributed by atoms with E-state index in [0.717, 1.165) is 19.4 Å². The Labute approximate surface area is 135 Å². The summed E-state index contributed by atoms with van der Waals surface area (Å²) in [6.45, 7) is 3.20. The van der Waals surface area contributed by atoms with E-state index in [2.05, 4.69) is 26.6 Å². The molecule has 2 N–H and O–H groups in total. The van der Waals surface area contributed by atoms with Crippen molar-refractivity contribution in [2.24, 2.45) is 0 Å². The molecule has 6 heteroatoms. The highest BCUT2D eigenvalue weighted by molar-refractivity contribution is 9.10. The van der Waals surface area contributed by atoms with Crippen molar-refractivity contribution >= 4 is 50.5 Å². The van der Waals surface area contributed by atoms with E-state index in [1.165, 1.54) is 11.3 Å². The molecule has 0 spiro atoms. The number of amides is 1. The molecule has 0 fully saturated rings. The van der Waals surface area contributed by atoms with Crippen LogP contribution >= 0.6 is 38.9 Å². The third kappa shape index (κ3) is 3.98. The predicted molar refractivity (Wildman–Crippen MR) is 88.8 cm³/mol.